The van der Waals surface area contributed by atoms with Crippen molar-refractivity contribution >= 4 is 11.9 Å². The Morgan fingerprint density at radius 1 is 1.07 bits per heavy atom. The van der Waals surface area contributed by atoms with Gasteiger partial charge in [0.1, 0.15) is 0 Å². The summed E-state index contributed by atoms with van der Waals surface area (Å²) < 4.78 is 1.75. The Labute approximate surface area is 172 Å². The molecule has 1 unspecified atom stereocenters. The molecule has 4 rings (SSSR count). The number of piperidine rings is 1. The number of hydrogen-bond donors (Lipinski definition) is 0. The largest absolute Gasteiger partial charge is 0.327 e. The van der Waals surface area contributed by atoms with E-state index in [2.05, 4.69) is 27.3 Å². The second-order valence-electron chi connectivity index (χ2n) is 8.72. The highest BCUT2D eigenvalue weighted by Crippen LogP contribution is 2.30. The second-order valence-corrected chi connectivity index (χ2v) is 8.72. The molecule has 1 atom stereocenters. The summed E-state index contributed by atoms with van der Waals surface area (Å²) in [6.07, 6.45) is 8.73. The molecule has 3 amide bonds. The van der Waals surface area contributed by atoms with Gasteiger partial charge in [0.05, 0.1) is 6.54 Å². The zero-order valence-corrected chi connectivity index (χ0v) is 17.5. The average Bonchev–Trinajstić information content (AvgIpc) is 3.44. The van der Waals surface area contributed by atoms with Crippen molar-refractivity contribution in [1.82, 2.24) is 34.9 Å². The molecule has 0 spiro atoms. The van der Waals surface area contributed by atoms with E-state index in [4.69, 9.17) is 0 Å². The Balaban J connectivity index is 1.40. The van der Waals surface area contributed by atoms with Gasteiger partial charge < -0.3 is 4.90 Å². The van der Waals surface area contributed by atoms with Crippen molar-refractivity contribution in [1.29, 1.82) is 0 Å². The average molecular weight is 404 g/mol. The first kappa shape index (κ1) is 20.3. The monoisotopic (exact) mass is 403 g/mol. The van der Waals surface area contributed by atoms with Crippen molar-refractivity contribution in [3.05, 3.63) is 5.82 Å². The zero-order chi connectivity index (χ0) is 20.2. The van der Waals surface area contributed by atoms with Crippen LogP contribution in [0.15, 0.2) is 0 Å². The Kier molecular flexibility index (Phi) is 6.42. The van der Waals surface area contributed by atoms with Crippen molar-refractivity contribution in [2.24, 2.45) is 5.92 Å². The summed E-state index contributed by atoms with van der Waals surface area (Å²) >= 11 is 0. The molecule has 0 N–H and O–H groups in total. The number of imide groups is 1. The molecule has 1 aromatic heterocycles. The topological polar surface area (TPSA) is 87.5 Å². The minimum Gasteiger partial charge on any atom is -0.322 e. The molecule has 0 bridgehead atoms. The molecule has 3 aliphatic rings. The van der Waals surface area contributed by atoms with E-state index in [9.17, 15) is 9.59 Å². The maximum Gasteiger partial charge on any atom is 0.327 e. The molecule has 0 aromatic carbocycles. The lowest BCUT2D eigenvalue weighted by Gasteiger charge is -2.41. The van der Waals surface area contributed by atoms with Crippen LogP contribution in [0.3, 0.4) is 0 Å². The predicted octanol–water partition coefficient (Wildman–Crippen LogP) is 1.89. The van der Waals surface area contributed by atoms with E-state index in [0.717, 1.165) is 26.1 Å². The van der Waals surface area contributed by atoms with Crippen LogP contribution >= 0.6 is 0 Å². The van der Waals surface area contributed by atoms with Crippen LogP contribution in [0.1, 0.15) is 64.1 Å². The minimum atomic E-state index is -0.191. The van der Waals surface area contributed by atoms with E-state index < -0.39 is 0 Å². The quantitative estimate of drug-likeness (QED) is 0.626. The van der Waals surface area contributed by atoms with Gasteiger partial charge in [-0.3, -0.25) is 14.6 Å². The third-order valence-corrected chi connectivity index (χ3v) is 6.41. The smallest absolute Gasteiger partial charge is 0.322 e. The molecular formula is C20H33N7O2. The molecule has 2 saturated heterocycles. The number of carbonyl (C=O) groups excluding carboxylic acids is 2. The van der Waals surface area contributed by atoms with E-state index in [1.165, 1.54) is 43.4 Å². The van der Waals surface area contributed by atoms with Gasteiger partial charge in [-0.2, -0.15) is 0 Å². The summed E-state index contributed by atoms with van der Waals surface area (Å²) in [6, 6.07) is 0.206. The number of unbranched alkanes of at least 4 members (excludes halogenated alkanes) is 1. The van der Waals surface area contributed by atoms with Crippen LogP contribution in [0.5, 0.6) is 0 Å². The van der Waals surface area contributed by atoms with Crippen LogP contribution in [-0.2, 0) is 17.9 Å². The highest BCUT2D eigenvalue weighted by Gasteiger charge is 2.36. The fourth-order valence-corrected chi connectivity index (χ4v) is 4.41. The fourth-order valence-electron chi connectivity index (χ4n) is 4.41. The van der Waals surface area contributed by atoms with Crippen LogP contribution in [-0.4, -0.2) is 79.1 Å². The molecule has 9 heteroatoms. The molecule has 9 nitrogen and oxygen atoms in total. The Bertz CT molecular complexity index is 717. The number of likely N-dealkylation sites (tertiary alicyclic amines) is 1. The van der Waals surface area contributed by atoms with Gasteiger partial charge in [-0.15, -0.1) is 5.10 Å². The van der Waals surface area contributed by atoms with Gasteiger partial charge in [0.2, 0.25) is 5.91 Å². The van der Waals surface area contributed by atoms with Crippen molar-refractivity contribution in [2.45, 2.75) is 77.4 Å². The number of amides is 3. The number of rotatable bonds is 9. The summed E-state index contributed by atoms with van der Waals surface area (Å²) in [5.41, 5.74) is 0. The van der Waals surface area contributed by atoms with Crippen LogP contribution < -0.4 is 0 Å². The zero-order valence-electron chi connectivity index (χ0n) is 17.5. The first-order chi connectivity index (χ1) is 14.2. The highest BCUT2D eigenvalue weighted by molar-refractivity contribution is 5.96. The van der Waals surface area contributed by atoms with E-state index in [0.29, 0.717) is 37.3 Å². The third-order valence-electron chi connectivity index (χ3n) is 6.41. The number of aromatic nitrogens is 4. The Morgan fingerprint density at radius 2 is 1.93 bits per heavy atom. The summed E-state index contributed by atoms with van der Waals surface area (Å²) in [7, 11) is 0. The summed E-state index contributed by atoms with van der Waals surface area (Å²) in [6.45, 7) is 6.59. The highest BCUT2D eigenvalue weighted by atomic mass is 16.2. The number of urea groups is 1. The normalized spacial score (nSPS) is 23.8. The van der Waals surface area contributed by atoms with Crippen LogP contribution in [0.25, 0.3) is 0 Å². The number of carbonyl (C=O) groups is 2. The minimum absolute atomic E-state index is 0.126. The van der Waals surface area contributed by atoms with Crippen LogP contribution in [0.2, 0.25) is 0 Å². The molecular weight excluding hydrogens is 370 g/mol. The van der Waals surface area contributed by atoms with E-state index in [1.54, 1.807) is 4.68 Å². The first-order valence-corrected chi connectivity index (χ1v) is 11.2. The third kappa shape index (κ3) is 4.94. The molecule has 3 fully saturated rings. The van der Waals surface area contributed by atoms with Crippen molar-refractivity contribution < 1.29 is 9.59 Å². The molecule has 160 valence electrons. The molecule has 1 aliphatic carbocycles. The molecule has 0 radical (unpaired) electrons. The summed E-state index contributed by atoms with van der Waals surface area (Å²) in [5.74, 6) is 1.10. The lowest BCUT2D eigenvalue weighted by atomic mass is 10.0. The Hall–Kier alpha value is -2.03. The molecule has 29 heavy (non-hydrogen) atoms. The lowest BCUT2D eigenvalue weighted by Crippen LogP contribution is -2.56. The van der Waals surface area contributed by atoms with Gasteiger partial charge in [-0.1, -0.05) is 19.8 Å². The molecule has 1 aromatic rings. The lowest BCUT2D eigenvalue weighted by molar-refractivity contribution is -0.131. The standard InChI is InChI=1S/C20H33N7O2/c1-2-3-10-24-11-5-4-6-17(24)14-25-12-9-19(28)26(20(25)29)15-18-21-22-23-27(18)13-16-7-8-16/h16-17H,2-15H2,1H3. The van der Waals surface area contributed by atoms with Gasteiger partial charge in [-0.05, 0) is 61.5 Å². The summed E-state index contributed by atoms with van der Waals surface area (Å²) in [5, 5.41) is 11.9. The van der Waals surface area contributed by atoms with Crippen molar-refractivity contribution in [2.75, 3.05) is 26.2 Å². The van der Waals surface area contributed by atoms with Crippen molar-refractivity contribution in [3.63, 3.8) is 0 Å². The van der Waals surface area contributed by atoms with Gasteiger partial charge in [0.25, 0.3) is 0 Å². The number of hydrogen-bond acceptors (Lipinski definition) is 6. The second kappa shape index (κ2) is 9.19. The predicted molar refractivity (Wildman–Crippen MR) is 107 cm³/mol. The SMILES string of the molecule is CCCCN1CCCCC1CN1CCC(=O)N(Cc2nnnn2CC2CC2)C1=O. The van der Waals surface area contributed by atoms with Crippen LogP contribution in [0, 0.1) is 5.92 Å². The van der Waals surface area contributed by atoms with Gasteiger partial charge in [0, 0.05) is 32.1 Å². The maximum atomic E-state index is 13.1. The Morgan fingerprint density at radius 3 is 2.72 bits per heavy atom. The molecule has 2 aliphatic heterocycles. The fraction of sp³-hybridized carbons (Fsp3) is 0.850. The van der Waals surface area contributed by atoms with Crippen LogP contribution in [0.4, 0.5) is 4.79 Å². The van der Waals surface area contributed by atoms with E-state index >= 15 is 0 Å². The van der Waals surface area contributed by atoms with Gasteiger partial charge >= 0.3 is 6.03 Å². The van der Waals surface area contributed by atoms with E-state index in [1.807, 2.05) is 4.90 Å². The maximum absolute atomic E-state index is 13.1. The van der Waals surface area contributed by atoms with E-state index in [-0.39, 0.29) is 18.5 Å². The molecule has 3 heterocycles. The number of nitrogens with zero attached hydrogens (tertiary/aromatic N) is 7. The first-order valence-electron chi connectivity index (χ1n) is 11.2. The van der Waals surface area contributed by atoms with Gasteiger partial charge in [0.15, 0.2) is 5.82 Å². The van der Waals surface area contributed by atoms with Gasteiger partial charge in [-0.25, -0.2) is 9.48 Å². The molecule has 1 saturated carbocycles. The van der Waals surface area contributed by atoms with Crippen molar-refractivity contribution in [3.8, 4) is 0 Å². The number of tetrazole rings is 1. The summed E-state index contributed by atoms with van der Waals surface area (Å²) in [4.78, 5) is 31.4.